The fourth-order valence-corrected chi connectivity index (χ4v) is 9.13. The molecule has 3 atom stereocenters. The summed E-state index contributed by atoms with van der Waals surface area (Å²) in [5.74, 6) is 2.83. The number of unbranched alkanes of at least 4 members (excludes halogenated alkanes) is 8. The van der Waals surface area contributed by atoms with E-state index in [0.717, 1.165) is 82.3 Å². The maximum Gasteiger partial charge on any atom is 0.314 e. The van der Waals surface area contributed by atoms with Crippen molar-refractivity contribution in [1.29, 1.82) is 0 Å². The van der Waals surface area contributed by atoms with Crippen LogP contribution in [0, 0.1) is 17.8 Å². The molecule has 6 heteroatoms. The van der Waals surface area contributed by atoms with Crippen molar-refractivity contribution in [3.8, 4) is 11.5 Å². The highest BCUT2D eigenvalue weighted by Crippen LogP contribution is 2.57. The van der Waals surface area contributed by atoms with Gasteiger partial charge in [0.15, 0.2) is 0 Å². The van der Waals surface area contributed by atoms with Gasteiger partial charge in [0.25, 0.3) is 0 Å². The lowest BCUT2D eigenvalue weighted by molar-refractivity contribution is -0.138. The molecule has 0 aliphatic carbocycles. The van der Waals surface area contributed by atoms with Crippen molar-refractivity contribution in [3.05, 3.63) is 29.0 Å². The van der Waals surface area contributed by atoms with Crippen LogP contribution in [0.15, 0.2) is 17.8 Å². The van der Waals surface area contributed by atoms with Gasteiger partial charge < -0.3 is 19.1 Å². The van der Waals surface area contributed by atoms with E-state index in [4.69, 9.17) is 14.2 Å². The molecule has 5 heterocycles. The van der Waals surface area contributed by atoms with Crippen molar-refractivity contribution >= 4 is 11.5 Å². The van der Waals surface area contributed by atoms with Crippen LogP contribution in [0.25, 0.3) is 5.57 Å². The topological polar surface area (TPSA) is 51.2 Å². The molecule has 0 amide bonds. The Morgan fingerprint density at radius 3 is 2.12 bits per heavy atom. The number of fused-ring (bicyclic) bond motifs is 3. The molecule has 3 unspecified atom stereocenters. The molecule has 6 rings (SSSR count). The molecule has 0 radical (unpaired) electrons. The molecule has 1 aromatic rings. The standard InChI is InChI=1S/C44H72N2O4/c1-7-10-13-16-22-44(23-17-14-11-8-2)42-40(36-20-25-46(42)26-21-36)41-38(49-43(47)34(5)19-24-45-27-29-48-30-28-45)31-37(32-39(41)50-44)35(6)33(4)18-15-12-9-3/h31-36H,7-30H2,1-6H3. The summed E-state index contributed by atoms with van der Waals surface area (Å²) in [4.78, 5) is 19.1. The van der Waals surface area contributed by atoms with Crippen LogP contribution in [-0.4, -0.2) is 67.3 Å². The Morgan fingerprint density at radius 1 is 0.840 bits per heavy atom. The van der Waals surface area contributed by atoms with Gasteiger partial charge in [-0.15, -0.1) is 0 Å². The number of morpholine rings is 1. The van der Waals surface area contributed by atoms with E-state index in [0.29, 0.717) is 17.8 Å². The van der Waals surface area contributed by atoms with Crippen LogP contribution < -0.4 is 9.47 Å². The number of benzene rings is 1. The van der Waals surface area contributed by atoms with Gasteiger partial charge in [0.05, 0.1) is 30.4 Å². The molecule has 2 saturated heterocycles. The van der Waals surface area contributed by atoms with E-state index in [1.807, 2.05) is 6.92 Å². The fourth-order valence-electron chi connectivity index (χ4n) is 9.13. The van der Waals surface area contributed by atoms with E-state index in [1.165, 1.54) is 107 Å². The summed E-state index contributed by atoms with van der Waals surface area (Å²) < 4.78 is 19.7. The van der Waals surface area contributed by atoms with Gasteiger partial charge in [-0.3, -0.25) is 9.69 Å². The Labute approximate surface area is 306 Å². The van der Waals surface area contributed by atoms with Crippen LogP contribution in [0.2, 0.25) is 0 Å². The van der Waals surface area contributed by atoms with Gasteiger partial charge >= 0.3 is 5.97 Å². The van der Waals surface area contributed by atoms with Crippen molar-refractivity contribution in [3.63, 3.8) is 0 Å². The zero-order valence-corrected chi connectivity index (χ0v) is 33.0. The summed E-state index contributed by atoms with van der Waals surface area (Å²) in [6.07, 6.45) is 20.2. The third kappa shape index (κ3) is 9.48. The number of piperidine rings is 1. The van der Waals surface area contributed by atoms with Crippen molar-refractivity contribution in [1.82, 2.24) is 9.80 Å². The molecular weight excluding hydrogens is 620 g/mol. The normalized spacial score (nSPS) is 20.6. The minimum absolute atomic E-state index is 0.111. The van der Waals surface area contributed by atoms with E-state index in [2.05, 4.69) is 56.6 Å². The smallest absolute Gasteiger partial charge is 0.314 e. The number of carbonyl (C=O) groups excluding carboxylic acids is 1. The van der Waals surface area contributed by atoms with Crippen LogP contribution in [0.4, 0.5) is 0 Å². The van der Waals surface area contributed by atoms with E-state index < -0.39 is 0 Å². The van der Waals surface area contributed by atoms with E-state index >= 15 is 0 Å². The molecule has 5 aliphatic rings. The molecule has 0 aromatic heterocycles. The summed E-state index contributed by atoms with van der Waals surface area (Å²) in [6, 6.07) is 4.62. The number of rotatable bonds is 21. The van der Waals surface area contributed by atoms with Crippen LogP contribution in [-0.2, 0) is 9.53 Å². The minimum atomic E-state index is -0.301. The third-order valence-electron chi connectivity index (χ3n) is 12.7. The summed E-state index contributed by atoms with van der Waals surface area (Å²) in [5.41, 5.74) is 4.95. The molecule has 2 fully saturated rings. The molecule has 0 saturated carbocycles. The molecule has 5 aliphatic heterocycles. The first-order chi connectivity index (χ1) is 24.3. The quantitative estimate of drug-likeness (QED) is 0.0726. The second-order valence-electron chi connectivity index (χ2n) is 16.5. The zero-order chi connectivity index (χ0) is 35.5. The summed E-state index contributed by atoms with van der Waals surface area (Å²) in [7, 11) is 0. The highest BCUT2D eigenvalue weighted by Gasteiger charge is 2.51. The molecular formula is C44H72N2O4. The predicted octanol–water partition coefficient (Wildman–Crippen LogP) is 10.8. The van der Waals surface area contributed by atoms with Crippen molar-refractivity contribution in [2.24, 2.45) is 17.8 Å². The molecule has 282 valence electrons. The van der Waals surface area contributed by atoms with Crippen LogP contribution >= 0.6 is 0 Å². The Hall–Kier alpha value is -2.05. The molecule has 6 nitrogen and oxygen atoms in total. The summed E-state index contributed by atoms with van der Waals surface area (Å²) >= 11 is 0. The lowest BCUT2D eigenvalue weighted by Crippen LogP contribution is -2.54. The van der Waals surface area contributed by atoms with E-state index in [9.17, 15) is 4.79 Å². The van der Waals surface area contributed by atoms with Crippen molar-refractivity contribution in [2.75, 3.05) is 45.9 Å². The van der Waals surface area contributed by atoms with Gasteiger partial charge in [-0.1, -0.05) is 106 Å². The van der Waals surface area contributed by atoms with Crippen LogP contribution in [0.1, 0.15) is 168 Å². The average Bonchev–Trinajstić information content (AvgIpc) is 3.14. The number of carbonyl (C=O) groups is 1. The van der Waals surface area contributed by atoms with Gasteiger partial charge in [0.2, 0.25) is 0 Å². The Kier molecular flexibility index (Phi) is 15.0. The molecule has 0 N–H and O–H groups in total. The van der Waals surface area contributed by atoms with Crippen molar-refractivity contribution < 1.29 is 19.0 Å². The Bertz CT molecular complexity index is 1230. The Morgan fingerprint density at radius 2 is 1.48 bits per heavy atom. The zero-order valence-electron chi connectivity index (χ0n) is 33.0. The lowest BCUT2D eigenvalue weighted by atomic mass is 9.70. The first-order valence-corrected chi connectivity index (χ1v) is 21.2. The number of hydrogen-bond acceptors (Lipinski definition) is 6. The van der Waals surface area contributed by atoms with Crippen molar-refractivity contribution in [2.45, 2.75) is 162 Å². The number of allylic oxidation sites excluding steroid dienone is 1. The van der Waals surface area contributed by atoms with E-state index in [-0.39, 0.29) is 17.5 Å². The molecule has 0 spiro atoms. The van der Waals surface area contributed by atoms with Crippen LogP contribution in [0.3, 0.4) is 0 Å². The second-order valence-corrected chi connectivity index (χ2v) is 16.5. The first kappa shape index (κ1) is 39.2. The predicted molar refractivity (Wildman–Crippen MR) is 207 cm³/mol. The van der Waals surface area contributed by atoms with E-state index in [1.54, 1.807) is 0 Å². The lowest BCUT2D eigenvalue weighted by Gasteiger charge is -2.54. The maximum absolute atomic E-state index is 14.0. The van der Waals surface area contributed by atoms with Gasteiger partial charge in [0, 0.05) is 26.2 Å². The van der Waals surface area contributed by atoms with Gasteiger partial charge in [0.1, 0.15) is 17.1 Å². The summed E-state index contributed by atoms with van der Waals surface area (Å²) in [5, 5.41) is 0. The summed E-state index contributed by atoms with van der Waals surface area (Å²) in [6.45, 7) is 20.3. The van der Waals surface area contributed by atoms with Gasteiger partial charge in [-0.25, -0.2) is 0 Å². The number of hydrogen-bond donors (Lipinski definition) is 0. The molecule has 2 bridgehead atoms. The number of ether oxygens (including phenoxy) is 3. The highest BCUT2D eigenvalue weighted by atomic mass is 16.5. The number of esters is 1. The second kappa shape index (κ2) is 19.1. The van der Waals surface area contributed by atoms with Gasteiger partial charge in [-0.05, 0) is 92.5 Å². The Balaban J connectivity index is 1.54. The highest BCUT2D eigenvalue weighted by molar-refractivity contribution is 5.86. The van der Waals surface area contributed by atoms with Crippen LogP contribution in [0.5, 0.6) is 11.5 Å². The number of nitrogens with zero attached hydrogens (tertiary/aromatic N) is 2. The maximum atomic E-state index is 14.0. The fraction of sp³-hybridized carbons (Fsp3) is 0.795. The SMILES string of the molecule is CCCCCCC1(CCCCCC)Oc2cc(C(C)C(C)CCCCC)cc(OC(=O)C(C)CCN3CCOCC3)c2C2=C1N1CCC2CC1. The van der Waals surface area contributed by atoms with Gasteiger partial charge in [-0.2, -0.15) is 0 Å². The third-order valence-corrected chi connectivity index (χ3v) is 12.7. The monoisotopic (exact) mass is 693 g/mol. The largest absolute Gasteiger partial charge is 0.480 e. The molecule has 50 heavy (non-hydrogen) atoms. The average molecular weight is 693 g/mol. The first-order valence-electron chi connectivity index (χ1n) is 21.2. The molecule has 1 aromatic carbocycles. The minimum Gasteiger partial charge on any atom is -0.480 e.